The maximum atomic E-state index is 12.0. The first kappa shape index (κ1) is 16.2. The van der Waals surface area contributed by atoms with Crippen LogP contribution < -0.4 is 0 Å². The van der Waals surface area contributed by atoms with Gasteiger partial charge < -0.3 is 19.1 Å². The van der Waals surface area contributed by atoms with Gasteiger partial charge in [0.05, 0.1) is 25.9 Å². The van der Waals surface area contributed by atoms with Crippen molar-refractivity contribution >= 4 is 5.97 Å². The molecule has 2 aromatic rings. The molecule has 0 amide bonds. The molecular weight excluding hydrogens is 324 g/mol. The smallest absolute Gasteiger partial charge is 0.338 e. The van der Waals surface area contributed by atoms with Crippen LogP contribution in [-0.4, -0.2) is 41.5 Å². The summed E-state index contributed by atoms with van der Waals surface area (Å²) in [6.45, 7) is 0.643. The molecule has 0 radical (unpaired) electrons. The molecule has 0 spiro atoms. The number of methoxy groups -OCH3 is 1. The molecule has 3 heterocycles. The van der Waals surface area contributed by atoms with Crippen LogP contribution in [0.4, 0.5) is 0 Å². The number of benzene rings is 1. The number of nitrogens with zero attached hydrogens (tertiary/aromatic N) is 2. The molecular formula is C18H20N2O5. The number of aliphatic hydroxyl groups is 1. The molecule has 132 valence electrons. The van der Waals surface area contributed by atoms with E-state index in [9.17, 15) is 9.90 Å². The lowest BCUT2D eigenvalue weighted by molar-refractivity contribution is -0.210. The lowest BCUT2D eigenvalue weighted by Crippen LogP contribution is -2.51. The fourth-order valence-corrected chi connectivity index (χ4v) is 3.73. The summed E-state index contributed by atoms with van der Waals surface area (Å²) in [4.78, 5) is 16.5. The number of hydrogen-bond donors (Lipinski definition) is 1. The number of aromatic nitrogens is 2. The molecule has 2 aliphatic heterocycles. The summed E-state index contributed by atoms with van der Waals surface area (Å²) in [5.41, 5.74) is 0.254. The molecule has 7 nitrogen and oxygen atoms in total. The van der Waals surface area contributed by atoms with Gasteiger partial charge in [-0.2, -0.15) is 4.98 Å². The predicted octanol–water partition coefficient (Wildman–Crippen LogP) is 2.30. The van der Waals surface area contributed by atoms with Crippen LogP contribution >= 0.6 is 0 Å². The van der Waals surface area contributed by atoms with Crippen LogP contribution in [0.15, 0.2) is 28.8 Å². The summed E-state index contributed by atoms with van der Waals surface area (Å²) in [5.74, 6) is 0.339. The Hall–Kier alpha value is -2.25. The maximum Gasteiger partial charge on any atom is 0.338 e. The van der Waals surface area contributed by atoms with Gasteiger partial charge in [-0.3, -0.25) is 0 Å². The first-order valence-electron chi connectivity index (χ1n) is 8.38. The Morgan fingerprint density at radius 1 is 1.28 bits per heavy atom. The maximum absolute atomic E-state index is 12.0. The SMILES string of the molecule is COC(=O)c1ccccc1-c1noc(C23CCC(CO)(CC2)CO3)n1. The molecule has 2 bridgehead atoms. The number of esters is 1. The van der Waals surface area contributed by atoms with E-state index in [0.29, 0.717) is 29.4 Å². The highest BCUT2D eigenvalue weighted by atomic mass is 16.5. The minimum atomic E-state index is -0.581. The summed E-state index contributed by atoms with van der Waals surface area (Å²) in [6, 6.07) is 7.00. The van der Waals surface area contributed by atoms with Crippen LogP contribution in [-0.2, 0) is 15.1 Å². The largest absolute Gasteiger partial charge is 0.465 e. The molecule has 1 aromatic carbocycles. The molecule has 3 aliphatic rings. The third-order valence-corrected chi connectivity index (χ3v) is 5.50. The van der Waals surface area contributed by atoms with Gasteiger partial charge in [0, 0.05) is 11.0 Å². The van der Waals surface area contributed by atoms with Gasteiger partial charge in [-0.05, 0) is 31.7 Å². The van der Waals surface area contributed by atoms with Gasteiger partial charge in [-0.25, -0.2) is 4.79 Å². The zero-order chi connectivity index (χ0) is 17.5. The summed E-state index contributed by atoms with van der Waals surface area (Å²) < 4.78 is 16.4. The average molecular weight is 344 g/mol. The lowest BCUT2D eigenvalue weighted by atomic mass is 9.66. The highest BCUT2D eigenvalue weighted by Crippen LogP contribution is 2.53. The van der Waals surface area contributed by atoms with Crippen LogP contribution in [0, 0.1) is 5.41 Å². The Balaban J connectivity index is 1.65. The average Bonchev–Trinajstić information content (AvgIpc) is 3.19. The van der Waals surface area contributed by atoms with Crippen LogP contribution in [0.25, 0.3) is 11.4 Å². The molecule has 25 heavy (non-hydrogen) atoms. The lowest BCUT2D eigenvalue weighted by Gasteiger charge is -2.50. The normalized spacial score (nSPS) is 28.1. The van der Waals surface area contributed by atoms with Crippen molar-refractivity contribution in [1.29, 1.82) is 0 Å². The quantitative estimate of drug-likeness (QED) is 0.850. The van der Waals surface area contributed by atoms with E-state index >= 15 is 0 Å². The molecule has 1 N–H and O–H groups in total. The fourth-order valence-electron chi connectivity index (χ4n) is 3.73. The molecule has 1 aliphatic carbocycles. The van der Waals surface area contributed by atoms with Gasteiger partial charge in [0.15, 0.2) is 0 Å². The number of ether oxygens (including phenoxy) is 2. The molecule has 7 heteroatoms. The minimum Gasteiger partial charge on any atom is -0.465 e. The van der Waals surface area contributed by atoms with Crippen molar-refractivity contribution < 1.29 is 23.9 Å². The topological polar surface area (TPSA) is 94.7 Å². The van der Waals surface area contributed by atoms with Crippen molar-refractivity contribution in [2.45, 2.75) is 31.3 Å². The standard InChI is InChI=1S/C18H20N2O5/c1-23-15(22)13-5-3-2-4-12(13)14-19-16(25-20-14)18-8-6-17(10-21,7-9-18)11-24-18/h2-5,21H,6-11H2,1H3. The Kier molecular flexibility index (Phi) is 3.85. The third-order valence-electron chi connectivity index (χ3n) is 5.50. The van der Waals surface area contributed by atoms with E-state index in [1.807, 2.05) is 6.07 Å². The number of hydrogen-bond acceptors (Lipinski definition) is 7. The zero-order valence-electron chi connectivity index (χ0n) is 14.0. The molecule has 0 unspecified atom stereocenters. The van der Waals surface area contributed by atoms with Crippen molar-refractivity contribution in [3.63, 3.8) is 0 Å². The number of fused-ring (bicyclic) bond motifs is 3. The van der Waals surface area contributed by atoms with Gasteiger partial charge >= 0.3 is 5.97 Å². The van der Waals surface area contributed by atoms with Gasteiger partial charge in [0.25, 0.3) is 5.89 Å². The monoisotopic (exact) mass is 344 g/mol. The van der Waals surface area contributed by atoms with Crippen molar-refractivity contribution in [1.82, 2.24) is 10.1 Å². The first-order valence-corrected chi connectivity index (χ1v) is 8.38. The van der Waals surface area contributed by atoms with Crippen molar-refractivity contribution in [3.8, 4) is 11.4 Å². The van der Waals surface area contributed by atoms with Gasteiger partial charge in [0.1, 0.15) is 5.60 Å². The molecule has 5 rings (SSSR count). The summed E-state index contributed by atoms with van der Waals surface area (Å²) in [5, 5.41) is 13.7. The second kappa shape index (κ2) is 5.93. The molecule has 1 aromatic heterocycles. The highest BCUT2D eigenvalue weighted by Gasteiger charge is 2.53. The van der Waals surface area contributed by atoms with E-state index in [-0.39, 0.29) is 12.0 Å². The van der Waals surface area contributed by atoms with Crippen molar-refractivity contribution in [2.24, 2.45) is 5.41 Å². The Bertz CT molecular complexity index is 776. The minimum absolute atomic E-state index is 0.123. The molecule has 0 atom stereocenters. The molecule has 2 saturated heterocycles. The van der Waals surface area contributed by atoms with E-state index in [2.05, 4.69) is 10.1 Å². The molecule has 1 saturated carbocycles. The Morgan fingerprint density at radius 3 is 2.68 bits per heavy atom. The van der Waals surface area contributed by atoms with Gasteiger partial charge in [-0.1, -0.05) is 23.4 Å². The van der Waals surface area contributed by atoms with E-state index in [1.165, 1.54) is 7.11 Å². The summed E-state index contributed by atoms with van der Waals surface area (Å²) in [7, 11) is 1.34. The predicted molar refractivity (Wildman–Crippen MR) is 86.7 cm³/mol. The van der Waals surface area contributed by atoms with Crippen LogP contribution in [0.3, 0.4) is 0 Å². The number of rotatable bonds is 4. The van der Waals surface area contributed by atoms with Gasteiger partial charge in [-0.15, -0.1) is 0 Å². The molecule has 3 fully saturated rings. The first-order chi connectivity index (χ1) is 12.1. The van der Waals surface area contributed by atoms with E-state index in [4.69, 9.17) is 14.0 Å². The second-order valence-electron chi connectivity index (χ2n) is 6.90. The fraction of sp³-hybridized carbons (Fsp3) is 0.500. The Labute approximate surface area is 144 Å². The van der Waals surface area contributed by atoms with E-state index < -0.39 is 11.6 Å². The summed E-state index contributed by atoms with van der Waals surface area (Å²) in [6.07, 6.45) is 3.24. The van der Waals surface area contributed by atoms with Crippen molar-refractivity contribution in [3.05, 3.63) is 35.7 Å². The van der Waals surface area contributed by atoms with Crippen LogP contribution in [0.1, 0.15) is 41.9 Å². The number of carbonyl (C=O) groups is 1. The summed E-state index contributed by atoms with van der Waals surface area (Å²) >= 11 is 0. The zero-order valence-corrected chi connectivity index (χ0v) is 14.0. The third kappa shape index (κ3) is 2.54. The van der Waals surface area contributed by atoms with E-state index in [1.54, 1.807) is 18.2 Å². The highest BCUT2D eigenvalue weighted by molar-refractivity contribution is 5.96. The second-order valence-corrected chi connectivity index (χ2v) is 6.90. The van der Waals surface area contributed by atoms with Crippen LogP contribution in [0.5, 0.6) is 0 Å². The van der Waals surface area contributed by atoms with E-state index in [0.717, 1.165) is 25.7 Å². The van der Waals surface area contributed by atoms with Crippen molar-refractivity contribution in [2.75, 3.05) is 20.3 Å². The number of aliphatic hydroxyl groups excluding tert-OH is 1. The Morgan fingerprint density at radius 2 is 2.04 bits per heavy atom. The van der Waals surface area contributed by atoms with Gasteiger partial charge in [0.2, 0.25) is 5.82 Å². The number of carbonyl (C=O) groups excluding carboxylic acids is 1. The van der Waals surface area contributed by atoms with Crippen LogP contribution in [0.2, 0.25) is 0 Å².